The highest BCUT2D eigenvalue weighted by Gasteiger charge is 2.20. The molecular weight excluding hydrogens is 326 g/mol. The van der Waals surface area contributed by atoms with Crippen LogP contribution in [-0.2, 0) is 4.79 Å². The van der Waals surface area contributed by atoms with Crippen LogP contribution in [0.4, 0.5) is 5.69 Å². The lowest BCUT2D eigenvalue weighted by Crippen LogP contribution is -2.32. The molecule has 0 fully saturated rings. The molecule has 0 aliphatic carbocycles. The first-order valence-electron chi connectivity index (χ1n) is 8.00. The zero-order valence-electron chi connectivity index (χ0n) is 14.1. The quantitative estimate of drug-likeness (QED) is 0.779. The largest absolute Gasteiger partial charge is 0.492 e. The van der Waals surface area contributed by atoms with E-state index in [0.29, 0.717) is 35.2 Å². The first-order valence-corrected chi connectivity index (χ1v) is 8.38. The first kappa shape index (κ1) is 18.1. The third kappa shape index (κ3) is 4.65. The Morgan fingerprint density at radius 1 is 1.21 bits per heavy atom. The van der Waals surface area contributed by atoms with Crippen molar-refractivity contribution in [3.63, 3.8) is 0 Å². The summed E-state index contributed by atoms with van der Waals surface area (Å²) in [6.07, 6.45) is -0.0510. The van der Waals surface area contributed by atoms with E-state index < -0.39 is 6.10 Å². The smallest absolute Gasteiger partial charge is 0.265 e. The maximum absolute atomic E-state index is 12.5. The number of carbonyl (C=O) groups excluding carboxylic acids is 1. The Morgan fingerprint density at radius 3 is 2.62 bits per heavy atom. The summed E-state index contributed by atoms with van der Waals surface area (Å²) in [7, 11) is 0. The van der Waals surface area contributed by atoms with E-state index in [0.717, 1.165) is 5.56 Å². The number of aryl methyl sites for hydroxylation is 1. The molecule has 1 unspecified atom stereocenters. The van der Waals surface area contributed by atoms with Gasteiger partial charge in [-0.15, -0.1) is 0 Å². The molecule has 0 saturated carbocycles. The monoisotopic (exact) mass is 347 g/mol. The number of anilines is 1. The molecule has 128 valence electrons. The fraction of sp³-hybridized carbons (Fsp3) is 0.316. The Kier molecular flexibility index (Phi) is 6.50. The molecule has 1 N–H and O–H groups in total. The number of amides is 1. The molecule has 0 spiro atoms. The van der Waals surface area contributed by atoms with Crippen LogP contribution in [0.3, 0.4) is 0 Å². The van der Waals surface area contributed by atoms with Gasteiger partial charge in [0, 0.05) is 5.02 Å². The van der Waals surface area contributed by atoms with E-state index in [2.05, 4.69) is 5.32 Å². The van der Waals surface area contributed by atoms with Gasteiger partial charge in [-0.2, -0.15) is 0 Å². The van der Waals surface area contributed by atoms with E-state index in [1.807, 2.05) is 51.1 Å². The lowest BCUT2D eigenvalue weighted by molar-refractivity contribution is -0.122. The van der Waals surface area contributed by atoms with Gasteiger partial charge in [0.15, 0.2) is 6.10 Å². The molecule has 2 aromatic rings. The number of benzene rings is 2. The molecule has 2 aromatic carbocycles. The predicted molar refractivity (Wildman–Crippen MR) is 97.1 cm³/mol. The van der Waals surface area contributed by atoms with Gasteiger partial charge in [-0.3, -0.25) is 4.79 Å². The van der Waals surface area contributed by atoms with Crippen molar-refractivity contribution in [3.8, 4) is 11.5 Å². The third-order valence-corrected chi connectivity index (χ3v) is 3.94. The number of rotatable bonds is 7. The lowest BCUT2D eigenvalue weighted by atomic mass is 10.2. The Bertz CT molecular complexity index is 703. The van der Waals surface area contributed by atoms with Crippen LogP contribution in [0.1, 0.15) is 25.8 Å². The van der Waals surface area contributed by atoms with Gasteiger partial charge in [0.2, 0.25) is 0 Å². The highest BCUT2D eigenvalue weighted by atomic mass is 35.5. The summed E-state index contributed by atoms with van der Waals surface area (Å²) in [5.74, 6) is 1.06. The molecule has 2 rings (SSSR count). The van der Waals surface area contributed by atoms with E-state index >= 15 is 0 Å². The second-order valence-electron chi connectivity index (χ2n) is 5.34. The Balaban J connectivity index is 2.10. The van der Waals surface area contributed by atoms with Gasteiger partial charge >= 0.3 is 0 Å². The molecule has 0 aliphatic rings. The summed E-state index contributed by atoms with van der Waals surface area (Å²) >= 11 is 6.02. The molecule has 0 aromatic heterocycles. The molecule has 0 heterocycles. The predicted octanol–water partition coefficient (Wildman–Crippen LogP) is 4.84. The van der Waals surface area contributed by atoms with Gasteiger partial charge in [0.1, 0.15) is 11.5 Å². The van der Waals surface area contributed by atoms with Gasteiger partial charge in [-0.05, 0) is 56.2 Å². The summed E-state index contributed by atoms with van der Waals surface area (Å²) < 4.78 is 11.4. The van der Waals surface area contributed by atoms with Crippen LogP contribution >= 0.6 is 11.6 Å². The number of nitrogens with one attached hydrogen (secondary N) is 1. The van der Waals surface area contributed by atoms with Crippen molar-refractivity contribution < 1.29 is 14.3 Å². The summed E-state index contributed by atoms with van der Waals surface area (Å²) in [4.78, 5) is 12.5. The lowest BCUT2D eigenvalue weighted by Gasteiger charge is -2.19. The summed E-state index contributed by atoms with van der Waals surface area (Å²) in [5.41, 5.74) is 1.55. The Labute approximate surface area is 147 Å². The summed E-state index contributed by atoms with van der Waals surface area (Å²) in [6, 6.07) is 12.7. The van der Waals surface area contributed by atoms with E-state index in [9.17, 15) is 4.79 Å². The molecule has 24 heavy (non-hydrogen) atoms. The number of para-hydroxylation sites is 2. The number of ether oxygens (including phenoxy) is 2. The molecule has 0 aliphatic heterocycles. The average Bonchev–Trinajstić information content (AvgIpc) is 2.57. The molecular formula is C19H22ClNO3. The van der Waals surface area contributed by atoms with Gasteiger partial charge in [-0.1, -0.05) is 30.7 Å². The van der Waals surface area contributed by atoms with Crippen molar-refractivity contribution >= 4 is 23.2 Å². The molecule has 1 atom stereocenters. The van der Waals surface area contributed by atoms with Crippen LogP contribution in [0.25, 0.3) is 0 Å². The molecule has 0 saturated heterocycles. The van der Waals surface area contributed by atoms with Crippen molar-refractivity contribution in [2.75, 3.05) is 11.9 Å². The van der Waals surface area contributed by atoms with E-state index in [4.69, 9.17) is 21.1 Å². The second kappa shape index (κ2) is 8.60. The summed E-state index contributed by atoms with van der Waals surface area (Å²) in [6.45, 7) is 6.24. The zero-order valence-corrected chi connectivity index (χ0v) is 14.9. The molecule has 0 radical (unpaired) electrons. The minimum absolute atomic E-state index is 0.211. The maximum atomic E-state index is 12.5. The normalized spacial score (nSPS) is 11.7. The van der Waals surface area contributed by atoms with Crippen LogP contribution in [0.15, 0.2) is 42.5 Å². The van der Waals surface area contributed by atoms with Crippen molar-refractivity contribution in [2.24, 2.45) is 0 Å². The minimum Gasteiger partial charge on any atom is -0.492 e. The van der Waals surface area contributed by atoms with Crippen LogP contribution in [0.5, 0.6) is 11.5 Å². The van der Waals surface area contributed by atoms with Crippen molar-refractivity contribution in [2.45, 2.75) is 33.3 Å². The standard InChI is InChI=1S/C19H22ClNO3/c1-4-17(24-14-10-11-15(20)13(3)12-14)19(22)21-16-8-6-7-9-18(16)23-5-2/h6-12,17H,4-5H2,1-3H3,(H,21,22). The molecule has 5 heteroatoms. The highest BCUT2D eigenvalue weighted by Crippen LogP contribution is 2.25. The van der Waals surface area contributed by atoms with E-state index in [1.54, 1.807) is 12.1 Å². The minimum atomic E-state index is -0.597. The van der Waals surface area contributed by atoms with Crippen LogP contribution in [-0.4, -0.2) is 18.6 Å². The number of carbonyl (C=O) groups is 1. The van der Waals surface area contributed by atoms with Crippen LogP contribution in [0.2, 0.25) is 5.02 Å². The van der Waals surface area contributed by atoms with Crippen molar-refractivity contribution in [1.82, 2.24) is 0 Å². The second-order valence-corrected chi connectivity index (χ2v) is 5.75. The van der Waals surface area contributed by atoms with Crippen molar-refractivity contribution in [1.29, 1.82) is 0 Å². The number of hydrogen-bond acceptors (Lipinski definition) is 3. The van der Waals surface area contributed by atoms with Gasteiger partial charge in [-0.25, -0.2) is 0 Å². The number of hydrogen-bond donors (Lipinski definition) is 1. The van der Waals surface area contributed by atoms with E-state index in [-0.39, 0.29) is 5.91 Å². The first-order chi connectivity index (χ1) is 11.5. The van der Waals surface area contributed by atoms with Gasteiger partial charge in [0.05, 0.1) is 12.3 Å². The fourth-order valence-corrected chi connectivity index (χ4v) is 2.36. The fourth-order valence-electron chi connectivity index (χ4n) is 2.24. The highest BCUT2D eigenvalue weighted by molar-refractivity contribution is 6.31. The Hall–Kier alpha value is -2.20. The zero-order chi connectivity index (χ0) is 17.5. The maximum Gasteiger partial charge on any atom is 0.265 e. The third-order valence-electron chi connectivity index (χ3n) is 3.52. The van der Waals surface area contributed by atoms with Gasteiger partial charge in [0.25, 0.3) is 5.91 Å². The van der Waals surface area contributed by atoms with Crippen molar-refractivity contribution in [3.05, 3.63) is 53.1 Å². The Morgan fingerprint density at radius 2 is 1.96 bits per heavy atom. The molecule has 0 bridgehead atoms. The average molecular weight is 348 g/mol. The van der Waals surface area contributed by atoms with E-state index in [1.165, 1.54) is 0 Å². The molecule has 1 amide bonds. The van der Waals surface area contributed by atoms with Crippen LogP contribution < -0.4 is 14.8 Å². The topological polar surface area (TPSA) is 47.6 Å². The summed E-state index contributed by atoms with van der Waals surface area (Å²) in [5, 5.41) is 3.55. The SMILES string of the molecule is CCOc1ccccc1NC(=O)C(CC)Oc1ccc(Cl)c(C)c1. The van der Waals surface area contributed by atoms with Gasteiger partial charge < -0.3 is 14.8 Å². The van der Waals surface area contributed by atoms with Crippen LogP contribution in [0, 0.1) is 6.92 Å². The molecule has 4 nitrogen and oxygen atoms in total. The number of halogens is 1.